The van der Waals surface area contributed by atoms with Crippen molar-refractivity contribution in [2.45, 2.75) is 11.3 Å². The molecular weight excluding hydrogens is 464 g/mol. The topological polar surface area (TPSA) is 109 Å². The van der Waals surface area contributed by atoms with Crippen LogP contribution in [0.25, 0.3) is 0 Å². The fourth-order valence-corrected chi connectivity index (χ4v) is 5.54. The number of carbonyl (C=O) groups is 2. The van der Waals surface area contributed by atoms with Crippen LogP contribution < -0.4 is 9.47 Å². The largest absolute Gasteiger partial charge is 0.490 e. The summed E-state index contributed by atoms with van der Waals surface area (Å²) in [7, 11) is -2.07. The van der Waals surface area contributed by atoms with Crippen molar-refractivity contribution >= 4 is 21.8 Å². The molecule has 3 aliphatic heterocycles. The summed E-state index contributed by atoms with van der Waals surface area (Å²) in [5.41, 5.74) is 0. The molecule has 3 aliphatic rings. The van der Waals surface area contributed by atoms with E-state index in [0.29, 0.717) is 64.1 Å². The third kappa shape index (κ3) is 5.80. The van der Waals surface area contributed by atoms with Gasteiger partial charge in [0.15, 0.2) is 11.5 Å². The molecule has 0 aromatic heterocycles. The Hall–Kier alpha value is -2.41. The Morgan fingerprint density at radius 2 is 1.62 bits per heavy atom. The van der Waals surface area contributed by atoms with Gasteiger partial charge in [-0.2, -0.15) is 4.31 Å². The van der Waals surface area contributed by atoms with Crippen LogP contribution in [0.5, 0.6) is 11.5 Å². The minimum absolute atomic E-state index is 0.0251. The predicted molar refractivity (Wildman–Crippen MR) is 122 cm³/mol. The van der Waals surface area contributed by atoms with Crippen molar-refractivity contribution in [3.05, 3.63) is 18.2 Å². The van der Waals surface area contributed by atoms with Crippen molar-refractivity contribution < 1.29 is 32.2 Å². The Balaban J connectivity index is 1.28. The number of sulfonamides is 1. The second-order valence-electron chi connectivity index (χ2n) is 8.58. The molecule has 2 fully saturated rings. The Bertz CT molecular complexity index is 989. The molecule has 0 N–H and O–H groups in total. The van der Waals surface area contributed by atoms with Crippen molar-refractivity contribution in [1.82, 2.24) is 19.0 Å². The molecular formula is C22H32N4O7S. The molecule has 1 aromatic rings. The number of piperazine rings is 1. The number of nitrogens with zero attached hydrogens (tertiary/aromatic N) is 4. The summed E-state index contributed by atoms with van der Waals surface area (Å²) >= 11 is 0. The molecule has 2 amide bonds. The molecule has 12 heteroatoms. The lowest BCUT2D eigenvalue weighted by Crippen LogP contribution is -2.52. The molecule has 0 unspecified atom stereocenters. The lowest BCUT2D eigenvalue weighted by atomic mass is 10.3. The van der Waals surface area contributed by atoms with E-state index in [0.717, 1.165) is 6.42 Å². The highest BCUT2D eigenvalue weighted by Gasteiger charge is 2.31. The Labute approximate surface area is 200 Å². The highest BCUT2D eigenvalue weighted by atomic mass is 32.2. The maximum absolute atomic E-state index is 13.2. The molecule has 0 atom stereocenters. The first-order valence-electron chi connectivity index (χ1n) is 11.6. The fraction of sp³-hybridized carbons (Fsp3) is 0.636. The van der Waals surface area contributed by atoms with Gasteiger partial charge in [-0.15, -0.1) is 0 Å². The number of ether oxygens (including phenoxy) is 3. The first kappa shape index (κ1) is 24.7. The molecule has 11 nitrogen and oxygen atoms in total. The molecule has 188 valence electrons. The van der Waals surface area contributed by atoms with Gasteiger partial charge in [0.25, 0.3) is 0 Å². The smallest absolute Gasteiger partial charge is 0.243 e. The second kappa shape index (κ2) is 10.9. The minimum atomic E-state index is -3.69. The SMILES string of the molecule is CN(CC(=O)N1CCOCC1)C(=O)CN1CCN(S(=O)(=O)c2ccc3c(c2)OCCCO3)CC1. The second-order valence-corrected chi connectivity index (χ2v) is 10.5. The van der Waals surface area contributed by atoms with Crippen molar-refractivity contribution in [3.8, 4) is 11.5 Å². The average Bonchev–Trinajstić information content (AvgIpc) is 3.10. The summed E-state index contributed by atoms with van der Waals surface area (Å²) in [5.74, 6) is 0.736. The molecule has 1 aromatic carbocycles. The number of amides is 2. The monoisotopic (exact) mass is 496 g/mol. The molecule has 0 radical (unpaired) electrons. The summed E-state index contributed by atoms with van der Waals surface area (Å²) < 4.78 is 44.2. The zero-order valence-corrected chi connectivity index (χ0v) is 20.3. The maximum Gasteiger partial charge on any atom is 0.243 e. The quantitative estimate of drug-likeness (QED) is 0.517. The Kier molecular flexibility index (Phi) is 7.91. The average molecular weight is 497 g/mol. The molecule has 4 rings (SSSR count). The molecule has 34 heavy (non-hydrogen) atoms. The molecule has 3 heterocycles. The molecule has 0 saturated carbocycles. The standard InChI is InChI=1S/C22H32N4O7S/c1-23(16-22(28)25-9-13-31-14-10-25)21(27)17-24-5-7-26(8-6-24)34(29,30)18-3-4-19-20(15-18)33-12-2-11-32-19/h3-4,15H,2,5-14,16-17H2,1H3. The van der Waals surface area contributed by atoms with Gasteiger partial charge in [-0.1, -0.05) is 0 Å². The van der Waals surface area contributed by atoms with Crippen molar-refractivity contribution in [3.63, 3.8) is 0 Å². The van der Waals surface area contributed by atoms with E-state index in [-0.39, 0.29) is 42.9 Å². The van der Waals surface area contributed by atoms with Gasteiger partial charge in [0.1, 0.15) is 0 Å². The Morgan fingerprint density at radius 3 is 2.32 bits per heavy atom. The van der Waals surface area contributed by atoms with Gasteiger partial charge < -0.3 is 24.0 Å². The highest BCUT2D eigenvalue weighted by molar-refractivity contribution is 7.89. The van der Waals surface area contributed by atoms with Crippen LogP contribution in [0.2, 0.25) is 0 Å². The van der Waals surface area contributed by atoms with Crippen molar-refractivity contribution in [2.75, 3.05) is 85.8 Å². The van der Waals surface area contributed by atoms with E-state index in [1.165, 1.54) is 15.3 Å². The van der Waals surface area contributed by atoms with Crippen LogP contribution in [-0.2, 0) is 24.3 Å². The van der Waals surface area contributed by atoms with Crippen LogP contribution in [0.1, 0.15) is 6.42 Å². The van der Waals surface area contributed by atoms with E-state index in [9.17, 15) is 18.0 Å². The van der Waals surface area contributed by atoms with Gasteiger partial charge in [-0.05, 0) is 12.1 Å². The normalized spacial score (nSPS) is 20.0. The summed E-state index contributed by atoms with van der Waals surface area (Å²) in [5, 5.41) is 0. The molecule has 0 spiro atoms. The predicted octanol–water partition coefficient (Wildman–Crippen LogP) is -0.529. The zero-order valence-electron chi connectivity index (χ0n) is 19.5. The van der Waals surface area contributed by atoms with Gasteiger partial charge in [0.2, 0.25) is 21.8 Å². The van der Waals surface area contributed by atoms with Gasteiger partial charge in [0.05, 0.1) is 44.4 Å². The van der Waals surface area contributed by atoms with E-state index >= 15 is 0 Å². The number of carbonyl (C=O) groups excluding carboxylic acids is 2. The van der Waals surface area contributed by atoms with Gasteiger partial charge in [-0.3, -0.25) is 14.5 Å². The summed E-state index contributed by atoms with van der Waals surface area (Å²) in [6, 6.07) is 4.70. The van der Waals surface area contributed by atoms with Crippen LogP contribution in [0.15, 0.2) is 23.1 Å². The third-order valence-electron chi connectivity index (χ3n) is 6.21. The van der Waals surface area contributed by atoms with Crippen LogP contribution in [-0.4, -0.2) is 125 Å². The third-order valence-corrected chi connectivity index (χ3v) is 8.10. The molecule has 0 aliphatic carbocycles. The number of morpholine rings is 1. The van der Waals surface area contributed by atoms with Crippen LogP contribution in [0.4, 0.5) is 0 Å². The van der Waals surface area contributed by atoms with Crippen LogP contribution in [0.3, 0.4) is 0 Å². The number of benzene rings is 1. The van der Waals surface area contributed by atoms with E-state index in [1.54, 1.807) is 24.1 Å². The highest BCUT2D eigenvalue weighted by Crippen LogP contribution is 2.33. The van der Waals surface area contributed by atoms with Gasteiger partial charge in [0, 0.05) is 58.8 Å². The summed E-state index contributed by atoms with van der Waals surface area (Å²) in [6.07, 6.45) is 0.744. The number of rotatable bonds is 6. The summed E-state index contributed by atoms with van der Waals surface area (Å²) in [6.45, 7) is 4.73. The molecule has 2 saturated heterocycles. The van der Waals surface area contributed by atoms with Crippen molar-refractivity contribution in [1.29, 1.82) is 0 Å². The lowest BCUT2D eigenvalue weighted by Gasteiger charge is -2.34. The minimum Gasteiger partial charge on any atom is -0.490 e. The maximum atomic E-state index is 13.2. The van der Waals surface area contributed by atoms with E-state index < -0.39 is 10.0 Å². The van der Waals surface area contributed by atoms with Crippen LogP contribution >= 0.6 is 0 Å². The zero-order chi connectivity index (χ0) is 24.1. The van der Waals surface area contributed by atoms with Gasteiger partial charge in [-0.25, -0.2) is 8.42 Å². The molecule has 0 bridgehead atoms. The van der Waals surface area contributed by atoms with E-state index in [4.69, 9.17) is 14.2 Å². The number of hydrogen-bond donors (Lipinski definition) is 0. The fourth-order valence-electron chi connectivity index (χ4n) is 4.10. The number of hydrogen-bond acceptors (Lipinski definition) is 8. The summed E-state index contributed by atoms with van der Waals surface area (Å²) in [4.78, 5) is 30.2. The van der Waals surface area contributed by atoms with E-state index in [2.05, 4.69) is 0 Å². The first-order valence-corrected chi connectivity index (χ1v) is 13.0. The Morgan fingerprint density at radius 1 is 0.941 bits per heavy atom. The van der Waals surface area contributed by atoms with Gasteiger partial charge >= 0.3 is 0 Å². The number of likely N-dealkylation sites (N-methyl/N-ethyl adjacent to an activating group) is 1. The lowest BCUT2D eigenvalue weighted by molar-refractivity contribution is -0.142. The van der Waals surface area contributed by atoms with Crippen LogP contribution in [0, 0.1) is 0 Å². The van der Waals surface area contributed by atoms with E-state index in [1.807, 2.05) is 4.90 Å². The van der Waals surface area contributed by atoms with Crippen molar-refractivity contribution in [2.24, 2.45) is 0 Å². The first-order chi connectivity index (χ1) is 16.3. The number of fused-ring (bicyclic) bond motifs is 1.